The van der Waals surface area contributed by atoms with Crippen LogP contribution in [0.4, 0.5) is 10.1 Å². The van der Waals surface area contributed by atoms with E-state index in [0.717, 1.165) is 71.1 Å². The van der Waals surface area contributed by atoms with Crippen molar-refractivity contribution in [2.75, 3.05) is 24.7 Å². The molecule has 0 saturated carbocycles. The zero-order valence-corrected chi connectivity index (χ0v) is 25.4. The lowest BCUT2D eigenvalue weighted by atomic mass is 9.86. The van der Waals surface area contributed by atoms with Gasteiger partial charge in [0.05, 0.1) is 28.3 Å². The van der Waals surface area contributed by atoms with Gasteiger partial charge in [-0.3, -0.25) is 4.98 Å². The number of rotatable bonds is 6. The molecular formula is C37H35FN6O. The van der Waals surface area contributed by atoms with Gasteiger partial charge in [0.15, 0.2) is 0 Å². The van der Waals surface area contributed by atoms with Crippen molar-refractivity contribution in [3.8, 4) is 11.3 Å². The summed E-state index contributed by atoms with van der Waals surface area (Å²) in [6.45, 7) is 7.25. The average molecular weight is 599 g/mol. The van der Waals surface area contributed by atoms with E-state index in [4.69, 9.17) is 9.72 Å². The summed E-state index contributed by atoms with van der Waals surface area (Å²) in [6.07, 6.45) is 6.53. The van der Waals surface area contributed by atoms with Crippen molar-refractivity contribution in [3.05, 3.63) is 114 Å². The van der Waals surface area contributed by atoms with Gasteiger partial charge in [-0.05, 0) is 84.3 Å². The third-order valence-electron chi connectivity index (χ3n) is 9.64. The van der Waals surface area contributed by atoms with Gasteiger partial charge in [0, 0.05) is 56.2 Å². The van der Waals surface area contributed by atoms with Crippen LogP contribution in [0.3, 0.4) is 0 Å². The topological polar surface area (TPSA) is 61.0 Å². The van der Waals surface area contributed by atoms with Crippen molar-refractivity contribution in [1.29, 1.82) is 0 Å². The fourth-order valence-corrected chi connectivity index (χ4v) is 7.41. The predicted octanol–water partition coefficient (Wildman–Crippen LogP) is 7.35. The van der Waals surface area contributed by atoms with Gasteiger partial charge in [-0.25, -0.2) is 9.07 Å². The van der Waals surface area contributed by atoms with Crippen LogP contribution in [0, 0.1) is 11.7 Å². The van der Waals surface area contributed by atoms with Crippen LogP contribution in [0.1, 0.15) is 41.3 Å². The van der Waals surface area contributed by atoms with Crippen molar-refractivity contribution >= 4 is 33.7 Å². The lowest BCUT2D eigenvalue weighted by Gasteiger charge is -2.33. The number of hydrogen-bond donors (Lipinski definition) is 0. The van der Waals surface area contributed by atoms with Gasteiger partial charge >= 0.3 is 0 Å². The second-order valence-electron chi connectivity index (χ2n) is 12.2. The molecule has 2 aliphatic heterocycles. The van der Waals surface area contributed by atoms with Gasteiger partial charge in [-0.2, -0.15) is 0 Å². The first-order valence-corrected chi connectivity index (χ1v) is 15.7. The number of halogens is 1. The fourth-order valence-electron chi connectivity index (χ4n) is 7.41. The molecule has 5 heterocycles. The van der Waals surface area contributed by atoms with Crippen LogP contribution in [0.2, 0.25) is 0 Å². The maximum atomic E-state index is 14.2. The summed E-state index contributed by atoms with van der Waals surface area (Å²) in [5.41, 5.74) is 10.7. The van der Waals surface area contributed by atoms with Crippen LogP contribution in [0.15, 0.2) is 85.6 Å². The van der Waals surface area contributed by atoms with Gasteiger partial charge in [-0.15, -0.1) is 5.10 Å². The van der Waals surface area contributed by atoms with Crippen molar-refractivity contribution in [2.45, 2.75) is 31.8 Å². The summed E-state index contributed by atoms with van der Waals surface area (Å²) in [6, 6.07) is 24.7. The minimum atomic E-state index is -0.232. The van der Waals surface area contributed by atoms with Gasteiger partial charge < -0.3 is 14.2 Å². The molecule has 45 heavy (non-hydrogen) atoms. The second-order valence-corrected chi connectivity index (χ2v) is 12.2. The Morgan fingerprint density at radius 1 is 0.978 bits per heavy atom. The van der Waals surface area contributed by atoms with Crippen LogP contribution >= 0.6 is 0 Å². The van der Waals surface area contributed by atoms with Gasteiger partial charge in [-0.1, -0.05) is 48.2 Å². The van der Waals surface area contributed by atoms with E-state index < -0.39 is 0 Å². The molecule has 0 amide bonds. The molecule has 8 rings (SSSR count). The highest BCUT2D eigenvalue weighted by molar-refractivity contribution is 6.08. The Kier molecular flexibility index (Phi) is 6.94. The summed E-state index contributed by atoms with van der Waals surface area (Å²) >= 11 is 0. The van der Waals surface area contributed by atoms with Crippen molar-refractivity contribution in [2.24, 2.45) is 13.0 Å². The van der Waals surface area contributed by atoms with E-state index in [1.165, 1.54) is 16.8 Å². The Hall–Kier alpha value is -4.82. The van der Waals surface area contributed by atoms with E-state index >= 15 is 0 Å². The summed E-state index contributed by atoms with van der Waals surface area (Å²) in [4.78, 5) is 7.60. The van der Waals surface area contributed by atoms with Crippen LogP contribution < -0.4 is 4.90 Å². The number of anilines is 1. The lowest BCUT2D eigenvalue weighted by molar-refractivity contribution is 0.0552. The molecule has 6 aromatic rings. The molecule has 7 nitrogen and oxygen atoms in total. The highest BCUT2D eigenvalue weighted by Gasteiger charge is 2.31. The monoisotopic (exact) mass is 598 g/mol. The number of nitrogens with zero attached hydrogens (tertiary/aromatic N) is 6. The third-order valence-corrected chi connectivity index (χ3v) is 9.64. The molecule has 0 bridgehead atoms. The Balaban J connectivity index is 1.35. The van der Waals surface area contributed by atoms with Crippen LogP contribution in [0.25, 0.3) is 39.3 Å². The van der Waals surface area contributed by atoms with Gasteiger partial charge in [0.1, 0.15) is 11.5 Å². The van der Waals surface area contributed by atoms with Gasteiger partial charge in [0.25, 0.3) is 0 Å². The van der Waals surface area contributed by atoms with E-state index in [1.807, 2.05) is 25.4 Å². The molecule has 0 spiro atoms. The van der Waals surface area contributed by atoms with Crippen molar-refractivity contribution < 1.29 is 9.13 Å². The minimum absolute atomic E-state index is 0.0252. The summed E-state index contributed by atoms with van der Waals surface area (Å²) < 4.78 is 24.2. The standard InChI is InChI=1S/C37H35FN6O/c1-3-32-37(42(2)41-40-32)28-20-34-35(39-22-28)31-21-30(43-17-14-24-6-4-5-7-27(24)23-43)12-13-33(31)44(34)36(26-15-18-45-19-16-26)25-8-10-29(38)11-9-25/h3-13,20-22,26,36H,1,14-19,23H2,2H3/t36-/m1/s1. The highest BCUT2D eigenvalue weighted by Crippen LogP contribution is 2.42. The molecule has 3 aromatic carbocycles. The zero-order chi connectivity index (χ0) is 30.5. The molecular weight excluding hydrogens is 563 g/mol. The fraction of sp³-hybridized carbons (Fsp3) is 0.270. The minimum Gasteiger partial charge on any atom is -0.381 e. The maximum Gasteiger partial charge on any atom is 0.123 e. The molecule has 2 aliphatic rings. The number of pyridine rings is 1. The Bertz CT molecular complexity index is 2040. The van der Waals surface area contributed by atoms with Gasteiger partial charge in [0.2, 0.25) is 0 Å². The first-order chi connectivity index (χ1) is 22.1. The van der Waals surface area contributed by atoms with Crippen LogP contribution in [-0.4, -0.2) is 44.3 Å². The van der Waals surface area contributed by atoms with E-state index in [0.29, 0.717) is 24.8 Å². The molecule has 1 fully saturated rings. The number of ether oxygens (including phenoxy) is 1. The first-order valence-electron chi connectivity index (χ1n) is 15.7. The van der Waals surface area contributed by atoms with E-state index in [1.54, 1.807) is 22.9 Å². The Morgan fingerprint density at radius 2 is 1.78 bits per heavy atom. The smallest absolute Gasteiger partial charge is 0.123 e. The molecule has 0 N–H and O–H groups in total. The molecule has 3 aromatic heterocycles. The number of hydrogen-bond acceptors (Lipinski definition) is 5. The van der Waals surface area contributed by atoms with E-state index in [-0.39, 0.29) is 11.9 Å². The first kappa shape index (κ1) is 27.7. The third kappa shape index (κ3) is 4.80. The molecule has 1 atom stereocenters. The molecule has 8 heteroatoms. The van der Waals surface area contributed by atoms with Crippen molar-refractivity contribution in [1.82, 2.24) is 24.5 Å². The lowest BCUT2D eigenvalue weighted by Crippen LogP contribution is -2.30. The number of benzene rings is 3. The SMILES string of the molecule is C=Cc1nnn(C)c1-c1cnc2c3cc(N4CCc5ccccc5C4)ccc3n([C@H](c3ccc(F)cc3)C3CCOCC3)c2c1. The summed E-state index contributed by atoms with van der Waals surface area (Å²) in [5, 5.41) is 9.67. The van der Waals surface area contributed by atoms with E-state index in [2.05, 4.69) is 74.9 Å². The quantitative estimate of drug-likeness (QED) is 0.201. The Labute approximate surface area is 261 Å². The number of aryl methyl sites for hydroxylation is 1. The normalized spacial score (nSPS) is 16.3. The maximum absolute atomic E-state index is 14.2. The summed E-state index contributed by atoms with van der Waals surface area (Å²) in [7, 11) is 1.89. The van der Waals surface area contributed by atoms with Crippen molar-refractivity contribution in [3.63, 3.8) is 0 Å². The molecule has 0 radical (unpaired) electrons. The average Bonchev–Trinajstić information content (AvgIpc) is 3.62. The van der Waals surface area contributed by atoms with E-state index in [9.17, 15) is 4.39 Å². The number of fused-ring (bicyclic) bond motifs is 4. The zero-order valence-electron chi connectivity index (χ0n) is 25.4. The Morgan fingerprint density at radius 3 is 2.58 bits per heavy atom. The molecule has 0 unspecified atom stereocenters. The van der Waals surface area contributed by atoms with Crippen LogP contribution in [0.5, 0.6) is 0 Å². The predicted molar refractivity (Wildman–Crippen MR) is 177 cm³/mol. The summed E-state index contributed by atoms with van der Waals surface area (Å²) in [5.74, 6) is 0.0797. The second kappa shape index (κ2) is 11.3. The molecule has 0 aliphatic carbocycles. The molecule has 226 valence electrons. The highest BCUT2D eigenvalue weighted by atomic mass is 19.1. The number of aromatic nitrogens is 5. The molecule has 1 saturated heterocycles. The van der Waals surface area contributed by atoms with Crippen LogP contribution in [-0.2, 0) is 24.8 Å². The largest absolute Gasteiger partial charge is 0.381 e.